The van der Waals surface area contributed by atoms with Gasteiger partial charge in [0, 0.05) is 17.2 Å². The van der Waals surface area contributed by atoms with Crippen LogP contribution in [0.15, 0.2) is 66.7 Å². The molecule has 0 unspecified atom stereocenters. The van der Waals surface area contributed by atoms with Crippen LogP contribution >= 0.6 is 22.6 Å². The molecule has 0 saturated heterocycles. The second-order valence-corrected chi connectivity index (χ2v) is 5.95. The molecule has 0 fully saturated rings. The van der Waals surface area contributed by atoms with Crippen molar-refractivity contribution in [2.45, 2.75) is 12.8 Å². The van der Waals surface area contributed by atoms with Crippen LogP contribution in [0.3, 0.4) is 0 Å². The zero-order chi connectivity index (χ0) is 16.5. The van der Waals surface area contributed by atoms with Crippen molar-refractivity contribution >= 4 is 34.3 Å². The normalized spacial score (nSPS) is 10.7. The molecule has 23 heavy (non-hydrogen) atoms. The summed E-state index contributed by atoms with van der Waals surface area (Å²) in [6.07, 6.45) is 5.16. The maximum atomic E-state index is 12.3. The molecule has 2 aromatic carbocycles. The summed E-state index contributed by atoms with van der Waals surface area (Å²) in [5.41, 5.74) is 1.20. The van der Waals surface area contributed by atoms with Gasteiger partial charge in [0.05, 0.1) is 0 Å². The second-order valence-electron chi connectivity index (χ2n) is 4.87. The molecular weight excluding hydrogens is 403 g/mol. The van der Waals surface area contributed by atoms with Crippen LogP contribution in [-0.4, -0.2) is 16.2 Å². The predicted octanol–water partition coefficient (Wildman–Crippen LogP) is 4.59. The van der Waals surface area contributed by atoms with Crippen molar-refractivity contribution in [3.63, 3.8) is 0 Å². The second kappa shape index (κ2) is 9.25. The van der Waals surface area contributed by atoms with E-state index < -0.39 is 5.97 Å². The molecule has 2 aromatic rings. The van der Waals surface area contributed by atoms with Gasteiger partial charge in [-0.1, -0.05) is 59.0 Å². The average Bonchev–Trinajstić information content (AvgIpc) is 2.59. The van der Waals surface area contributed by atoms with Gasteiger partial charge in [0.15, 0.2) is 5.78 Å². The monoisotopic (exact) mass is 420 g/mol. The average molecular weight is 420 g/mol. The lowest BCUT2D eigenvalue weighted by Gasteiger charge is -2.04. The van der Waals surface area contributed by atoms with Gasteiger partial charge >= 0.3 is 5.97 Å². The highest BCUT2D eigenvalue weighted by molar-refractivity contribution is 14.1. The van der Waals surface area contributed by atoms with Crippen LogP contribution in [0.4, 0.5) is 0 Å². The van der Waals surface area contributed by atoms with Crippen molar-refractivity contribution in [3.05, 3.63) is 77.9 Å². The molecule has 118 valence electrons. The first kappa shape index (κ1) is 17.4. The lowest BCUT2D eigenvalue weighted by molar-refractivity contribution is -0.129. The van der Waals surface area contributed by atoms with E-state index in [1.54, 1.807) is 36.4 Å². The third-order valence-corrected chi connectivity index (χ3v) is 3.89. The van der Waals surface area contributed by atoms with Crippen molar-refractivity contribution in [3.8, 4) is 5.75 Å². The number of halogens is 1. The van der Waals surface area contributed by atoms with Crippen LogP contribution < -0.4 is 4.74 Å². The van der Waals surface area contributed by atoms with Gasteiger partial charge in [-0.05, 0) is 41.5 Å². The number of esters is 1. The summed E-state index contributed by atoms with van der Waals surface area (Å²) >= 11 is 2.30. The number of ketones is 1. The number of carbonyl (C=O) groups excluding carboxylic acids is 2. The Morgan fingerprint density at radius 2 is 1.61 bits per heavy atom. The Kier molecular flexibility index (Phi) is 7.00. The number of benzene rings is 2. The lowest BCUT2D eigenvalue weighted by Crippen LogP contribution is -2.05. The van der Waals surface area contributed by atoms with Crippen molar-refractivity contribution in [2.75, 3.05) is 4.43 Å². The number of carbonyl (C=O) groups is 2. The summed E-state index contributed by atoms with van der Waals surface area (Å²) in [7, 11) is 0. The van der Waals surface area contributed by atoms with Crippen LogP contribution in [0.1, 0.15) is 28.8 Å². The van der Waals surface area contributed by atoms with Gasteiger partial charge < -0.3 is 4.74 Å². The van der Waals surface area contributed by atoms with Crippen LogP contribution in [0.2, 0.25) is 0 Å². The highest BCUT2D eigenvalue weighted by Gasteiger charge is 2.09. The van der Waals surface area contributed by atoms with Gasteiger partial charge in [0.2, 0.25) is 0 Å². The minimum atomic E-state index is -0.402. The van der Waals surface area contributed by atoms with Gasteiger partial charge in [-0.2, -0.15) is 0 Å². The molecule has 0 aliphatic carbocycles. The number of unbranched alkanes of at least 4 members (excludes halogenated alkanes) is 1. The summed E-state index contributed by atoms with van der Waals surface area (Å²) in [6.45, 7) is 0. The fraction of sp³-hybridized carbons (Fsp3) is 0.158. The van der Waals surface area contributed by atoms with E-state index >= 15 is 0 Å². The number of alkyl halides is 1. The third kappa shape index (κ3) is 5.63. The fourth-order valence-corrected chi connectivity index (χ4v) is 2.40. The standard InChI is InChI=1S/C19H17IO3/c20-14-6-2-5-9-18(21)23-17-12-10-16(11-13-17)19(22)15-7-3-1-4-8-15/h1,3-5,7-13H,2,6,14H2. The van der Waals surface area contributed by atoms with E-state index in [2.05, 4.69) is 22.6 Å². The van der Waals surface area contributed by atoms with E-state index in [1.165, 1.54) is 6.08 Å². The number of hydrogen-bond acceptors (Lipinski definition) is 3. The lowest BCUT2D eigenvalue weighted by atomic mass is 10.0. The van der Waals surface area contributed by atoms with Crippen molar-refractivity contribution in [1.29, 1.82) is 0 Å². The van der Waals surface area contributed by atoms with E-state index in [-0.39, 0.29) is 5.78 Å². The summed E-state index contributed by atoms with van der Waals surface area (Å²) in [5.74, 6) is -0.0269. The molecule has 0 aliphatic rings. The molecule has 0 spiro atoms. The maximum absolute atomic E-state index is 12.3. The van der Waals surface area contributed by atoms with Crippen LogP contribution in [0, 0.1) is 0 Å². The van der Waals surface area contributed by atoms with Gasteiger partial charge in [-0.3, -0.25) is 4.79 Å². The van der Waals surface area contributed by atoms with Crippen LogP contribution in [0.5, 0.6) is 5.75 Å². The molecular formula is C19H17IO3. The van der Waals surface area contributed by atoms with Gasteiger partial charge in [-0.15, -0.1) is 0 Å². The molecule has 0 atom stereocenters. The first-order valence-corrected chi connectivity index (χ1v) is 8.87. The van der Waals surface area contributed by atoms with Crippen molar-refractivity contribution < 1.29 is 14.3 Å². The number of rotatable bonds is 7. The molecule has 0 aromatic heterocycles. The number of hydrogen-bond donors (Lipinski definition) is 0. The number of ether oxygens (including phenoxy) is 1. The molecule has 0 amide bonds. The van der Waals surface area contributed by atoms with E-state index in [1.807, 2.05) is 24.3 Å². The molecule has 0 bridgehead atoms. The van der Waals surface area contributed by atoms with Crippen molar-refractivity contribution in [2.24, 2.45) is 0 Å². The topological polar surface area (TPSA) is 43.4 Å². The van der Waals surface area contributed by atoms with Gasteiger partial charge in [0.1, 0.15) is 5.75 Å². The minimum Gasteiger partial charge on any atom is -0.423 e. The van der Waals surface area contributed by atoms with E-state index in [4.69, 9.17) is 4.74 Å². The Balaban J connectivity index is 1.96. The summed E-state index contributed by atoms with van der Waals surface area (Å²) in [4.78, 5) is 23.9. The molecule has 0 aliphatic heterocycles. The molecule has 0 radical (unpaired) electrons. The zero-order valence-corrected chi connectivity index (χ0v) is 14.7. The Bertz CT molecular complexity index is 676. The Hall–Kier alpha value is -1.95. The maximum Gasteiger partial charge on any atom is 0.335 e. The highest BCUT2D eigenvalue weighted by atomic mass is 127. The molecule has 4 heteroatoms. The summed E-state index contributed by atoms with van der Waals surface area (Å²) in [5, 5.41) is 0. The van der Waals surface area contributed by atoms with E-state index in [0.29, 0.717) is 16.9 Å². The molecule has 2 rings (SSSR count). The first-order chi connectivity index (χ1) is 11.2. The van der Waals surface area contributed by atoms with Gasteiger partial charge in [-0.25, -0.2) is 4.79 Å². The molecule has 0 heterocycles. The Morgan fingerprint density at radius 3 is 2.26 bits per heavy atom. The SMILES string of the molecule is O=C(C=CCCCI)Oc1ccc(C(=O)c2ccccc2)cc1. The highest BCUT2D eigenvalue weighted by Crippen LogP contribution is 2.15. The number of allylic oxidation sites excluding steroid dienone is 1. The largest absolute Gasteiger partial charge is 0.423 e. The smallest absolute Gasteiger partial charge is 0.335 e. The minimum absolute atomic E-state index is 0.0535. The van der Waals surface area contributed by atoms with Gasteiger partial charge in [0.25, 0.3) is 0 Å². The molecule has 0 saturated carbocycles. The molecule has 0 N–H and O–H groups in total. The quantitative estimate of drug-likeness (QED) is 0.125. The zero-order valence-electron chi connectivity index (χ0n) is 12.6. The summed E-state index contributed by atoms with van der Waals surface area (Å²) < 4.78 is 6.26. The Morgan fingerprint density at radius 1 is 0.957 bits per heavy atom. The van der Waals surface area contributed by atoms with Crippen LogP contribution in [-0.2, 0) is 4.79 Å². The Labute approximate surface area is 149 Å². The van der Waals surface area contributed by atoms with Crippen molar-refractivity contribution in [1.82, 2.24) is 0 Å². The van der Waals surface area contributed by atoms with E-state index in [0.717, 1.165) is 17.3 Å². The predicted molar refractivity (Wildman–Crippen MR) is 99.2 cm³/mol. The molecule has 3 nitrogen and oxygen atoms in total. The van der Waals surface area contributed by atoms with Crippen LogP contribution in [0.25, 0.3) is 0 Å². The fourth-order valence-electron chi connectivity index (χ4n) is 1.96. The third-order valence-electron chi connectivity index (χ3n) is 3.13. The van der Waals surface area contributed by atoms with E-state index in [9.17, 15) is 9.59 Å². The summed E-state index contributed by atoms with van der Waals surface area (Å²) in [6, 6.07) is 15.7. The first-order valence-electron chi connectivity index (χ1n) is 7.35.